The smallest absolute Gasteiger partial charge is 0.216 e. The van der Waals surface area contributed by atoms with Gasteiger partial charge in [0.2, 0.25) is 4.77 Å². The van der Waals surface area contributed by atoms with Crippen LogP contribution in [0.2, 0.25) is 0 Å². The fraction of sp³-hybridized carbons (Fsp3) is 0.167. The van der Waals surface area contributed by atoms with Gasteiger partial charge in [0, 0.05) is 11.1 Å². The van der Waals surface area contributed by atoms with E-state index >= 15 is 0 Å². The number of aromatic nitrogens is 3. The highest BCUT2D eigenvalue weighted by molar-refractivity contribution is 7.71. The van der Waals surface area contributed by atoms with Gasteiger partial charge in [-0.05, 0) is 36.5 Å². The maximum absolute atomic E-state index is 5.42. The number of nitrogens with one attached hydrogen (secondary N) is 1. The largest absolute Gasteiger partial charge is 0.497 e. The molecule has 0 aliphatic heterocycles. The molecule has 0 bridgehead atoms. The quantitative estimate of drug-likeness (QED) is 0.531. The van der Waals surface area contributed by atoms with Crippen LogP contribution in [0.1, 0.15) is 5.56 Å². The Hall–Kier alpha value is -3.13. The summed E-state index contributed by atoms with van der Waals surface area (Å²) in [5.74, 6) is 2.52. The molecule has 2 aromatic carbocycles. The molecule has 1 heterocycles. The Morgan fingerprint density at radius 1 is 1.08 bits per heavy atom. The van der Waals surface area contributed by atoms with Crippen LogP contribution in [0.5, 0.6) is 17.2 Å². The lowest BCUT2D eigenvalue weighted by molar-refractivity contribution is 0.354. The summed E-state index contributed by atoms with van der Waals surface area (Å²) in [5.41, 5.74) is 1.58. The van der Waals surface area contributed by atoms with E-state index in [0.717, 1.165) is 16.9 Å². The number of hydrogen-bond donors (Lipinski definition) is 1. The van der Waals surface area contributed by atoms with Crippen LogP contribution in [0.3, 0.4) is 0 Å². The standard InChI is InChI=1S/C18H18N4O3S/c1-23-14-8-4-6-12(10-14)17-20-21-18(26)22(17)19-11-13-7-5-9-15(24-2)16(13)25-3/h4-11H,1-3H3,(H,21,26). The van der Waals surface area contributed by atoms with E-state index in [-0.39, 0.29) is 0 Å². The van der Waals surface area contributed by atoms with Crippen LogP contribution in [0.4, 0.5) is 0 Å². The minimum Gasteiger partial charge on any atom is -0.497 e. The molecule has 0 saturated carbocycles. The molecule has 0 saturated heterocycles. The Kier molecular flexibility index (Phi) is 5.33. The third-order valence-corrected chi connectivity index (χ3v) is 3.99. The van der Waals surface area contributed by atoms with Crippen molar-refractivity contribution in [2.24, 2.45) is 5.10 Å². The van der Waals surface area contributed by atoms with Crippen LogP contribution in [-0.4, -0.2) is 42.4 Å². The van der Waals surface area contributed by atoms with Gasteiger partial charge < -0.3 is 14.2 Å². The Labute approximate surface area is 155 Å². The van der Waals surface area contributed by atoms with Crippen LogP contribution in [-0.2, 0) is 0 Å². The van der Waals surface area contributed by atoms with E-state index in [2.05, 4.69) is 15.3 Å². The first kappa shape index (κ1) is 17.7. The second-order valence-electron chi connectivity index (χ2n) is 5.22. The summed E-state index contributed by atoms with van der Waals surface area (Å²) in [4.78, 5) is 0. The minimum absolute atomic E-state index is 0.376. The number of benzene rings is 2. The van der Waals surface area contributed by atoms with E-state index in [0.29, 0.717) is 22.1 Å². The molecule has 0 aliphatic carbocycles. The maximum atomic E-state index is 5.42. The van der Waals surface area contributed by atoms with Crippen LogP contribution in [0.15, 0.2) is 47.6 Å². The number of H-pyrrole nitrogens is 1. The normalized spacial score (nSPS) is 10.9. The first-order chi connectivity index (χ1) is 12.7. The van der Waals surface area contributed by atoms with Gasteiger partial charge in [0.1, 0.15) is 5.75 Å². The van der Waals surface area contributed by atoms with E-state index in [1.165, 1.54) is 0 Å². The molecule has 0 spiro atoms. The summed E-state index contributed by atoms with van der Waals surface area (Å²) in [6.45, 7) is 0. The number of rotatable bonds is 6. The molecule has 0 radical (unpaired) electrons. The molecule has 3 aromatic rings. The topological polar surface area (TPSA) is 73.7 Å². The van der Waals surface area contributed by atoms with Crippen LogP contribution >= 0.6 is 12.2 Å². The van der Waals surface area contributed by atoms with Crippen LogP contribution in [0, 0.1) is 4.77 Å². The molecule has 0 fully saturated rings. The SMILES string of the molecule is COc1cccc(-c2n[nH]c(=S)n2N=Cc2cccc(OC)c2OC)c1. The van der Waals surface area contributed by atoms with Crippen LogP contribution in [0.25, 0.3) is 11.4 Å². The summed E-state index contributed by atoms with van der Waals surface area (Å²) < 4.78 is 17.9. The highest BCUT2D eigenvalue weighted by atomic mass is 32.1. The van der Waals surface area contributed by atoms with Crippen LogP contribution < -0.4 is 14.2 Å². The van der Waals surface area contributed by atoms with Gasteiger partial charge in [-0.2, -0.15) is 14.9 Å². The Balaban J connectivity index is 2.03. The molecule has 0 atom stereocenters. The maximum Gasteiger partial charge on any atom is 0.216 e. The van der Waals surface area contributed by atoms with Crippen molar-refractivity contribution < 1.29 is 14.2 Å². The molecule has 0 unspecified atom stereocenters. The average Bonchev–Trinajstić information content (AvgIpc) is 3.06. The van der Waals surface area contributed by atoms with Crippen molar-refractivity contribution in [1.29, 1.82) is 0 Å². The molecule has 8 heteroatoms. The number of nitrogens with zero attached hydrogens (tertiary/aromatic N) is 3. The zero-order valence-corrected chi connectivity index (χ0v) is 15.4. The number of para-hydroxylation sites is 1. The number of aromatic amines is 1. The molecule has 1 N–H and O–H groups in total. The van der Waals surface area contributed by atoms with Gasteiger partial charge in [-0.1, -0.05) is 18.2 Å². The first-order valence-electron chi connectivity index (χ1n) is 7.75. The lowest BCUT2D eigenvalue weighted by Gasteiger charge is -2.09. The van der Waals surface area contributed by atoms with Crippen molar-refractivity contribution in [2.45, 2.75) is 0 Å². The van der Waals surface area contributed by atoms with Crippen molar-refractivity contribution in [1.82, 2.24) is 14.9 Å². The fourth-order valence-corrected chi connectivity index (χ4v) is 2.66. The Morgan fingerprint density at radius 2 is 1.88 bits per heavy atom. The highest BCUT2D eigenvalue weighted by Crippen LogP contribution is 2.29. The molecule has 3 rings (SSSR count). The Morgan fingerprint density at radius 3 is 2.62 bits per heavy atom. The second kappa shape index (κ2) is 7.83. The minimum atomic E-state index is 0.376. The van der Waals surface area contributed by atoms with Crippen molar-refractivity contribution in [3.63, 3.8) is 0 Å². The van der Waals surface area contributed by atoms with Crippen molar-refractivity contribution in [2.75, 3.05) is 21.3 Å². The second-order valence-corrected chi connectivity index (χ2v) is 5.61. The van der Waals surface area contributed by atoms with E-state index in [9.17, 15) is 0 Å². The summed E-state index contributed by atoms with van der Waals surface area (Å²) in [6, 6.07) is 13.1. The molecule has 0 aliphatic rings. The number of ether oxygens (including phenoxy) is 3. The zero-order chi connectivity index (χ0) is 18.5. The van der Waals surface area contributed by atoms with E-state index in [1.54, 1.807) is 32.2 Å². The molecular formula is C18H18N4O3S. The monoisotopic (exact) mass is 370 g/mol. The third-order valence-electron chi connectivity index (χ3n) is 3.72. The Bertz CT molecular complexity index is 994. The van der Waals surface area contributed by atoms with Gasteiger partial charge in [-0.25, -0.2) is 5.10 Å². The summed E-state index contributed by atoms with van der Waals surface area (Å²) in [6.07, 6.45) is 1.65. The van der Waals surface area contributed by atoms with Gasteiger partial charge in [0.05, 0.1) is 27.5 Å². The molecule has 1 aromatic heterocycles. The highest BCUT2D eigenvalue weighted by Gasteiger charge is 2.11. The molecule has 7 nitrogen and oxygen atoms in total. The van der Waals surface area contributed by atoms with E-state index < -0.39 is 0 Å². The third kappa shape index (κ3) is 3.45. The van der Waals surface area contributed by atoms with Gasteiger partial charge >= 0.3 is 0 Å². The van der Waals surface area contributed by atoms with Gasteiger partial charge in [-0.15, -0.1) is 0 Å². The van der Waals surface area contributed by atoms with Gasteiger partial charge in [0.15, 0.2) is 17.3 Å². The first-order valence-corrected chi connectivity index (χ1v) is 8.16. The van der Waals surface area contributed by atoms with Crippen molar-refractivity contribution in [3.05, 3.63) is 52.8 Å². The number of hydrogen-bond acceptors (Lipinski definition) is 6. The van der Waals surface area contributed by atoms with Gasteiger partial charge in [0.25, 0.3) is 0 Å². The zero-order valence-electron chi connectivity index (χ0n) is 14.6. The molecule has 26 heavy (non-hydrogen) atoms. The fourth-order valence-electron chi connectivity index (χ4n) is 2.48. The number of methoxy groups -OCH3 is 3. The van der Waals surface area contributed by atoms with Crippen molar-refractivity contribution in [3.8, 4) is 28.6 Å². The van der Waals surface area contributed by atoms with Crippen molar-refractivity contribution >= 4 is 18.4 Å². The predicted octanol–water partition coefficient (Wildman–Crippen LogP) is 3.52. The van der Waals surface area contributed by atoms with Gasteiger partial charge in [-0.3, -0.25) is 0 Å². The van der Waals surface area contributed by atoms with E-state index in [4.69, 9.17) is 26.4 Å². The molecular weight excluding hydrogens is 352 g/mol. The van der Waals surface area contributed by atoms with E-state index in [1.807, 2.05) is 42.5 Å². The lowest BCUT2D eigenvalue weighted by atomic mass is 10.2. The average molecular weight is 370 g/mol. The summed E-state index contributed by atoms with van der Waals surface area (Å²) >= 11 is 5.30. The molecule has 134 valence electrons. The summed E-state index contributed by atoms with van der Waals surface area (Å²) in [5, 5.41) is 11.5. The molecule has 0 amide bonds. The lowest BCUT2D eigenvalue weighted by Crippen LogP contribution is -1.98. The summed E-state index contributed by atoms with van der Waals surface area (Å²) in [7, 11) is 4.79. The predicted molar refractivity (Wildman–Crippen MR) is 102 cm³/mol.